The van der Waals surface area contributed by atoms with Gasteiger partial charge in [0.05, 0.1) is 5.75 Å². The van der Waals surface area contributed by atoms with Gasteiger partial charge in [-0.05, 0) is 25.7 Å². The van der Waals surface area contributed by atoms with Crippen LogP contribution >= 0.6 is 0 Å². The zero-order valence-electron chi connectivity index (χ0n) is 9.71. The summed E-state index contributed by atoms with van der Waals surface area (Å²) >= 11 is 0. The molecule has 0 heterocycles. The Labute approximate surface area is 88.3 Å². The summed E-state index contributed by atoms with van der Waals surface area (Å²) in [7, 11) is -3.03. The van der Waals surface area contributed by atoms with E-state index in [0.29, 0.717) is 12.3 Å². The lowest BCUT2D eigenvalue weighted by Crippen LogP contribution is -2.35. The first kappa shape index (κ1) is 13.9. The van der Waals surface area contributed by atoms with E-state index in [1.807, 2.05) is 13.8 Å². The van der Waals surface area contributed by atoms with Crippen LogP contribution in [-0.4, -0.2) is 20.2 Å². The van der Waals surface area contributed by atoms with Crippen molar-refractivity contribution in [1.29, 1.82) is 0 Å². The highest BCUT2D eigenvalue weighted by Crippen LogP contribution is 2.10. The van der Waals surface area contributed by atoms with Crippen LogP contribution in [-0.2, 0) is 10.0 Å². The Hall–Kier alpha value is -0.0900. The first-order chi connectivity index (χ1) is 6.41. The van der Waals surface area contributed by atoms with Gasteiger partial charge < -0.3 is 0 Å². The van der Waals surface area contributed by atoms with Gasteiger partial charge >= 0.3 is 0 Å². The Bertz CT molecular complexity index is 237. The molecular weight excluding hydrogens is 198 g/mol. The molecule has 1 N–H and O–H groups in total. The van der Waals surface area contributed by atoms with Crippen molar-refractivity contribution in [2.45, 2.75) is 53.0 Å². The summed E-state index contributed by atoms with van der Waals surface area (Å²) in [5.41, 5.74) is 0. The van der Waals surface area contributed by atoms with E-state index in [4.69, 9.17) is 0 Å². The van der Waals surface area contributed by atoms with Gasteiger partial charge in [-0.2, -0.15) is 0 Å². The number of sulfonamides is 1. The smallest absolute Gasteiger partial charge is 0.211 e. The molecule has 0 aromatic carbocycles. The van der Waals surface area contributed by atoms with E-state index in [9.17, 15) is 8.42 Å². The van der Waals surface area contributed by atoms with Gasteiger partial charge in [0.2, 0.25) is 10.0 Å². The Morgan fingerprint density at radius 2 is 1.79 bits per heavy atom. The van der Waals surface area contributed by atoms with Crippen LogP contribution in [0, 0.1) is 5.92 Å². The van der Waals surface area contributed by atoms with Gasteiger partial charge in [-0.1, -0.05) is 27.2 Å². The zero-order chi connectivity index (χ0) is 11.2. The largest absolute Gasteiger partial charge is 0.212 e. The van der Waals surface area contributed by atoms with E-state index >= 15 is 0 Å². The normalized spacial score (nSPS) is 16.6. The van der Waals surface area contributed by atoms with E-state index in [1.165, 1.54) is 0 Å². The third-order valence-corrected chi connectivity index (χ3v) is 4.01. The lowest BCUT2D eigenvalue weighted by atomic mass is 10.0. The molecule has 0 radical (unpaired) electrons. The van der Waals surface area contributed by atoms with Gasteiger partial charge in [0.1, 0.15) is 0 Å². The maximum absolute atomic E-state index is 11.4. The first-order valence-corrected chi connectivity index (χ1v) is 7.06. The topological polar surface area (TPSA) is 46.2 Å². The first-order valence-electron chi connectivity index (χ1n) is 5.41. The van der Waals surface area contributed by atoms with E-state index in [0.717, 1.165) is 12.8 Å². The molecule has 14 heavy (non-hydrogen) atoms. The van der Waals surface area contributed by atoms with Gasteiger partial charge in [0, 0.05) is 6.04 Å². The molecule has 4 heteroatoms. The van der Waals surface area contributed by atoms with Crippen LogP contribution in [0.1, 0.15) is 47.0 Å². The van der Waals surface area contributed by atoms with Gasteiger partial charge in [0.25, 0.3) is 0 Å². The number of hydrogen-bond acceptors (Lipinski definition) is 2. The van der Waals surface area contributed by atoms with Crippen LogP contribution in [0.15, 0.2) is 0 Å². The SMILES string of the molecule is CCCS(=O)(=O)NC(C)CC(C)CC. The van der Waals surface area contributed by atoms with Crippen molar-refractivity contribution >= 4 is 10.0 Å². The molecule has 0 amide bonds. The van der Waals surface area contributed by atoms with Crippen molar-refractivity contribution in [3.05, 3.63) is 0 Å². The number of nitrogens with one attached hydrogen (secondary N) is 1. The van der Waals surface area contributed by atoms with E-state index in [2.05, 4.69) is 18.6 Å². The molecule has 0 aliphatic carbocycles. The highest BCUT2D eigenvalue weighted by Gasteiger charge is 2.14. The van der Waals surface area contributed by atoms with Crippen LogP contribution in [0.5, 0.6) is 0 Å². The van der Waals surface area contributed by atoms with Crippen molar-refractivity contribution in [1.82, 2.24) is 4.72 Å². The Balaban J connectivity index is 3.99. The Kier molecular flexibility index (Phi) is 6.36. The van der Waals surface area contributed by atoms with Crippen molar-refractivity contribution in [3.63, 3.8) is 0 Å². The third kappa shape index (κ3) is 6.38. The molecule has 0 aromatic rings. The van der Waals surface area contributed by atoms with Gasteiger partial charge in [-0.3, -0.25) is 0 Å². The lowest BCUT2D eigenvalue weighted by molar-refractivity contribution is 0.445. The highest BCUT2D eigenvalue weighted by atomic mass is 32.2. The molecule has 2 unspecified atom stereocenters. The molecule has 86 valence electrons. The summed E-state index contributed by atoms with van der Waals surface area (Å²) in [5.74, 6) is 0.812. The van der Waals surface area contributed by atoms with Crippen LogP contribution in [0.2, 0.25) is 0 Å². The molecule has 3 nitrogen and oxygen atoms in total. The molecule has 0 rings (SSSR count). The summed E-state index contributed by atoms with van der Waals surface area (Å²) in [6, 6.07) is 0.0569. The molecule has 0 fully saturated rings. The maximum atomic E-state index is 11.4. The fraction of sp³-hybridized carbons (Fsp3) is 1.00. The summed E-state index contributed by atoms with van der Waals surface area (Å²) in [5, 5.41) is 0. The highest BCUT2D eigenvalue weighted by molar-refractivity contribution is 7.89. The second kappa shape index (κ2) is 6.40. The van der Waals surface area contributed by atoms with E-state index in [-0.39, 0.29) is 11.8 Å². The minimum Gasteiger partial charge on any atom is -0.212 e. The molecule has 0 aromatic heterocycles. The zero-order valence-corrected chi connectivity index (χ0v) is 10.5. The molecule has 0 aliphatic heterocycles. The van der Waals surface area contributed by atoms with Crippen LogP contribution in [0.4, 0.5) is 0 Å². The predicted molar refractivity (Wildman–Crippen MR) is 60.7 cm³/mol. The van der Waals surface area contributed by atoms with E-state index in [1.54, 1.807) is 0 Å². The molecule has 0 saturated carbocycles. The standard InChI is InChI=1S/C10H23NO2S/c1-5-7-14(12,13)11-10(4)8-9(3)6-2/h9-11H,5-8H2,1-4H3. The van der Waals surface area contributed by atoms with Gasteiger partial charge in [-0.15, -0.1) is 0 Å². The van der Waals surface area contributed by atoms with Gasteiger partial charge in [-0.25, -0.2) is 13.1 Å². The lowest BCUT2D eigenvalue weighted by Gasteiger charge is -2.17. The Morgan fingerprint density at radius 1 is 1.21 bits per heavy atom. The fourth-order valence-electron chi connectivity index (χ4n) is 1.45. The Morgan fingerprint density at radius 3 is 2.21 bits per heavy atom. The second-order valence-electron chi connectivity index (χ2n) is 4.09. The molecule has 0 bridgehead atoms. The fourth-order valence-corrected chi connectivity index (χ4v) is 2.82. The van der Waals surface area contributed by atoms with Crippen LogP contribution in [0.25, 0.3) is 0 Å². The van der Waals surface area contributed by atoms with Gasteiger partial charge in [0.15, 0.2) is 0 Å². The number of hydrogen-bond donors (Lipinski definition) is 1. The summed E-state index contributed by atoms with van der Waals surface area (Å²) in [6.45, 7) is 8.07. The van der Waals surface area contributed by atoms with Crippen LogP contribution < -0.4 is 4.72 Å². The average molecular weight is 221 g/mol. The molecule has 0 spiro atoms. The summed E-state index contributed by atoms with van der Waals surface area (Å²) in [4.78, 5) is 0. The van der Waals surface area contributed by atoms with E-state index < -0.39 is 10.0 Å². The minimum atomic E-state index is -3.03. The monoisotopic (exact) mass is 221 g/mol. The molecule has 0 aliphatic rings. The summed E-state index contributed by atoms with van der Waals surface area (Å²) < 4.78 is 25.5. The third-order valence-electron chi connectivity index (χ3n) is 2.31. The van der Waals surface area contributed by atoms with Crippen LogP contribution in [0.3, 0.4) is 0 Å². The number of rotatable bonds is 7. The molecular formula is C10H23NO2S. The molecule has 2 atom stereocenters. The van der Waals surface area contributed by atoms with Crippen molar-refractivity contribution < 1.29 is 8.42 Å². The van der Waals surface area contributed by atoms with Crippen molar-refractivity contribution in [2.75, 3.05) is 5.75 Å². The summed E-state index contributed by atoms with van der Waals surface area (Å²) in [6.07, 6.45) is 2.69. The predicted octanol–water partition coefficient (Wildman–Crippen LogP) is 2.14. The van der Waals surface area contributed by atoms with Crippen molar-refractivity contribution in [3.8, 4) is 0 Å². The average Bonchev–Trinajstić information content (AvgIpc) is 2.02. The minimum absolute atomic E-state index is 0.0569. The second-order valence-corrected chi connectivity index (χ2v) is 5.96. The molecule has 0 saturated heterocycles. The maximum Gasteiger partial charge on any atom is 0.211 e. The quantitative estimate of drug-likeness (QED) is 0.716. The van der Waals surface area contributed by atoms with Crippen molar-refractivity contribution in [2.24, 2.45) is 5.92 Å².